The fraction of sp³-hybridized carbons (Fsp3) is 0.400. The van der Waals surface area contributed by atoms with Crippen molar-refractivity contribution < 1.29 is 23.7 Å². The monoisotopic (exact) mass is 410 g/mol. The van der Waals surface area contributed by atoms with Crippen LogP contribution in [-0.2, 0) is 25.6 Å². The maximum absolute atomic E-state index is 12.4. The lowest BCUT2D eigenvalue weighted by molar-refractivity contribution is -0.162. The fourth-order valence-corrected chi connectivity index (χ4v) is 3.46. The smallest absolute Gasteiger partial charge is 0.373 e. The highest BCUT2D eigenvalue weighted by Gasteiger charge is 2.21. The van der Waals surface area contributed by atoms with Crippen LogP contribution in [0, 0.1) is 13.8 Å². The Morgan fingerprint density at radius 2 is 1.87 bits per heavy atom. The third kappa shape index (κ3) is 6.10. The molecule has 1 aliphatic rings. The van der Waals surface area contributed by atoms with E-state index in [-0.39, 0.29) is 12.4 Å². The quantitative estimate of drug-likeness (QED) is 0.334. The van der Waals surface area contributed by atoms with Crippen LogP contribution in [0.3, 0.4) is 0 Å². The van der Waals surface area contributed by atoms with E-state index in [1.807, 2.05) is 56.3 Å². The Morgan fingerprint density at radius 3 is 2.50 bits per heavy atom. The van der Waals surface area contributed by atoms with Crippen LogP contribution in [0.1, 0.15) is 48.4 Å². The molecule has 5 heteroatoms. The van der Waals surface area contributed by atoms with Gasteiger partial charge in [-0.3, -0.25) is 0 Å². The van der Waals surface area contributed by atoms with Gasteiger partial charge in [-0.05, 0) is 74.1 Å². The Morgan fingerprint density at radius 1 is 1.13 bits per heavy atom. The minimum absolute atomic E-state index is 0.167. The summed E-state index contributed by atoms with van der Waals surface area (Å²) in [6, 6.07) is 14.0. The summed E-state index contributed by atoms with van der Waals surface area (Å²) >= 11 is 0. The molecule has 3 rings (SSSR count). The molecule has 0 aliphatic carbocycles. The summed E-state index contributed by atoms with van der Waals surface area (Å²) < 4.78 is 22.7. The molecule has 1 aliphatic heterocycles. The molecule has 1 heterocycles. The van der Waals surface area contributed by atoms with Gasteiger partial charge < -0.3 is 18.9 Å². The van der Waals surface area contributed by atoms with E-state index in [0.717, 1.165) is 47.3 Å². The van der Waals surface area contributed by atoms with Gasteiger partial charge in [0.2, 0.25) is 5.76 Å². The van der Waals surface area contributed by atoms with Gasteiger partial charge in [0.1, 0.15) is 12.4 Å². The maximum Gasteiger partial charge on any atom is 0.373 e. The molecule has 1 fully saturated rings. The lowest BCUT2D eigenvalue weighted by atomic mass is 10.0. The Balaban J connectivity index is 1.78. The largest absolute Gasteiger partial charge is 0.488 e. The second-order valence-electron chi connectivity index (χ2n) is 7.40. The first-order chi connectivity index (χ1) is 14.6. The SMILES string of the molecule is CCOC(=O)/C(=C/c1cc(C)c(OCc2ccccc2)c(C)c1)OC1CCCCO1. The van der Waals surface area contributed by atoms with Gasteiger partial charge in [0.25, 0.3) is 0 Å². The van der Waals surface area contributed by atoms with E-state index in [1.165, 1.54) is 0 Å². The van der Waals surface area contributed by atoms with Crippen LogP contribution in [0.5, 0.6) is 5.75 Å². The Labute approximate surface area is 178 Å². The first-order valence-corrected chi connectivity index (χ1v) is 10.5. The molecule has 5 nitrogen and oxygen atoms in total. The molecule has 0 spiro atoms. The predicted molar refractivity (Wildman–Crippen MR) is 116 cm³/mol. The molecule has 30 heavy (non-hydrogen) atoms. The van der Waals surface area contributed by atoms with E-state index in [2.05, 4.69) is 0 Å². The Kier molecular flexibility index (Phi) is 7.91. The van der Waals surface area contributed by atoms with Crippen molar-refractivity contribution in [3.05, 3.63) is 70.5 Å². The number of esters is 1. The highest BCUT2D eigenvalue weighted by molar-refractivity contribution is 5.91. The zero-order valence-electron chi connectivity index (χ0n) is 18.0. The van der Waals surface area contributed by atoms with Crippen molar-refractivity contribution in [2.45, 2.75) is 52.9 Å². The number of benzene rings is 2. The summed E-state index contributed by atoms with van der Waals surface area (Å²) in [6.45, 7) is 7.22. The van der Waals surface area contributed by atoms with Gasteiger partial charge in [-0.25, -0.2) is 4.79 Å². The van der Waals surface area contributed by atoms with Gasteiger partial charge in [0.05, 0.1) is 13.2 Å². The molecule has 1 atom stereocenters. The second-order valence-corrected chi connectivity index (χ2v) is 7.40. The van der Waals surface area contributed by atoms with E-state index >= 15 is 0 Å². The van der Waals surface area contributed by atoms with Gasteiger partial charge in [0.15, 0.2) is 6.29 Å². The highest BCUT2D eigenvalue weighted by atomic mass is 16.7. The van der Waals surface area contributed by atoms with Crippen molar-refractivity contribution in [3.8, 4) is 5.75 Å². The number of rotatable bonds is 8. The first kappa shape index (κ1) is 21.9. The lowest BCUT2D eigenvalue weighted by Crippen LogP contribution is -2.24. The van der Waals surface area contributed by atoms with Crippen molar-refractivity contribution >= 4 is 12.0 Å². The van der Waals surface area contributed by atoms with Crippen molar-refractivity contribution in [2.75, 3.05) is 13.2 Å². The van der Waals surface area contributed by atoms with E-state index in [0.29, 0.717) is 13.2 Å². The van der Waals surface area contributed by atoms with Crippen LogP contribution < -0.4 is 4.74 Å². The fourth-order valence-electron chi connectivity index (χ4n) is 3.46. The topological polar surface area (TPSA) is 54.0 Å². The molecule has 160 valence electrons. The van der Waals surface area contributed by atoms with E-state index in [4.69, 9.17) is 18.9 Å². The zero-order valence-corrected chi connectivity index (χ0v) is 18.0. The molecule has 2 aromatic rings. The van der Waals surface area contributed by atoms with Crippen LogP contribution in [0.15, 0.2) is 48.2 Å². The van der Waals surface area contributed by atoms with Crippen molar-refractivity contribution in [2.24, 2.45) is 0 Å². The molecular formula is C25H30O5. The van der Waals surface area contributed by atoms with Gasteiger partial charge in [-0.2, -0.15) is 0 Å². The lowest BCUT2D eigenvalue weighted by Gasteiger charge is -2.24. The summed E-state index contributed by atoms with van der Waals surface area (Å²) in [4.78, 5) is 12.4. The third-order valence-electron chi connectivity index (χ3n) is 4.88. The summed E-state index contributed by atoms with van der Waals surface area (Å²) in [5.41, 5.74) is 3.96. The molecular weight excluding hydrogens is 380 g/mol. The average molecular weight is 411 g/mol. The molecule has 1 unspecified atom stereocenters. The van der Waals surface area contributed by atoms with Crippen molar-refractivity contribution in [3.63, 3.8) is 0 Å². The number of carbonyl (C=O) groups is 1. The molecule has 1 saturated heterocycles. The van der Waals surface area contributed by atoms with Gasteiger partial charge in [-0.15, -0.1) is 0 Å². The van der Waals surface area contributed by atoms with Crippen LogP contribution in [0.4, 0.5) is 0 Å². The number of hydrogen-bond acceptors (Lipinski definition) is 5. The molecule has 2 aromatic carbocycles. The Hall–Kier alpha value is -2.79. The van der Waals surface area contributed by atoms with Gasteiger partial charge >= 0.3 is 5.97 Å². The van der Waals surface area contributed by atoms with Crippen molar-refractivity contribution in [1.82, 2.24) is 0 Å². The molecule has 0 N–H and O–H groups in total. The zero-order chi connectivity index (χ0) is 21.3. The summed E-state index contributed by atoms with van der Waals surface area (Å²) in [5.74, 6) is 0.539. The highest BCUT2D eigenvalue weighted by Crippen LogP contribution is 2.28. The summed E-state index contributed by atoms with van der Waals surface area (Å²) in [7, 11) is 0. The molecule has 0 radical (unpaired) electrons. The van der Waals surface area contributed by atoms with Crippen molar-refractivity contribution in [1.29, 1.82) is 0 Å². The van der Waals surface area contributed by atoms with E-state index < -0.39 is 12.3 Å². The number of carbonyl (C=O) groups excluding carboxylic acids is 1. The van der Waals surface area contributed by atoms with Gasteiger partial charge in [0, 0.05) is 6.42 Å². The first-order valence-electron chi connectivity index (χ1n) is 10.5. The van der Waals surface area contributed by atoms with E-state index in [9.17, 15) is 4.79 Å². The maximum atomic E-state index is 12.4. The number of ether oxygens (including phenoxy) is 4. The standard InChI is InChI=1S/C25H30O5/c1-4-27-25(26)22(30-23-12-8-9-13-28-23)16-21-14-18(2)24(19(3)15-21)29-17-20-10-6-5-7-11-20/h5-7,10-11,14-16,23H,4,8-9,12-13,17H2,1-3H3/b22-16-. The minimum atomic E-state index is -0.480. The number of hydrogen-bond donors (Lipinski definition) is 0. The average Bonchev–Trinajstić information content (AvgIpc) is 2.74. The molecule has 0 bridgehead atoms. The molecule has 0 saturated carbocycles. The summed E-state index contributed by atoms with van der Waals surface area (Å²) in [5, 5.41) is 0. The van der Waals surface area contributed by atoms with Crippen LogP contribution >= 0.6 is 0 Å². The van der Waals surface area contributed by atoms with Crippen LogP contribution in [0.25, 0.3) is 6.08 Å². The third-order valence-corrected chi connectivity index (χ3v) is 4.88. The normalized spacial score (nSPS) is 16.8. The minimum Gasteiger partial charge on any atom is -0.488 e. The molecule has 0 amide bonds. The van der Waals surface area contributed by atoms with Crippen LogP contribution in [0.2, 0.25) is 0 Å². The Bertz CT molecular complexity index is 843. The number of aryl methyl sites for hydroxylation is 2. The summed E-state index contributed by atoms with van der Waals surface area (Å²) in [6.07, 6.45) is 4.11. The second kappa shape index (κ2) is 10.8. The van der Waals surface area contributed by atoms with Crippen LogP contribution in [-0.4, -0.2) is 25.5 Å². The predicted octanol–water partition coefficient (Wildman–Crippen LogP) is 5.33. The van der Waals surface area contributed by atoms with Gasteiger partial charge in [-0.1, -0.05) is 30.3 Å². The molecule has 0 aromatic heterocycles. The van der Waals surface area contributed by atoms with E-state index in [1.54, 1.807) is 13.0 Å².